The number of para-hydroxylation sites is 1. The second-order valence-corrected chi connectivity index (χ2v) is 8.85. The maximum atomic E-state index is 12.9. The van der Waals surface area contributed by atoms with Crippen LogP contribution in [-0.4, -0.2) is 30.0 Å². The van der Waals surface area contributed by atoms with E-state index in [0.717, 1.165) is 23.9 Å². The van der Waals surface area contributed by atoms with Crippen molar-refractivity contribution in [1.82, 2.24) is 14.5 Å². The number of amides is 2. The van der Waals surface area contributed by atoms with Crippen LogP contribution in [0.15, 0.2) is 95.9 Å². The Morgan fingerprint density at radius 3 is 2.06 bits per heavy atom. The fourth-order valence-corrected chi connectivity index (χ4v) is 4.22. The molecule has 0 fully saturated rings. The predicted octanol–water partition coefficient (Wildman–Crippen LogP) is 3.62. The van der Waals surface area contributed by atoms with Gasteiger partial charge in [0.2, 0.25) is 5.91 Å². The Bertz CT molecular complexity index is 1340. The quantitative estimate of drug-likeness (QED) is 0.457. The van der Waals surface area contributed by atoms with Crippen LogP contribution in [-0.2, 0) is 14.8 Å². The van der Waals surface area contributed by atoms with E-state index in [4.69, 9.17) is 0 Å². The van der Waals surface area contributed by atoms with E-state index in [2.05, 4.69) is 10.4 Å². The van der Waals surface area contributed by atoms with Crippen molar-refractivity contribution < 1.29 is 18.0 Å². The lowest BCUT2D eigenvalue weighted by molar-refractivity contribution is -0.117. The Kier molecular flexibility index (Phi) is 6.05. The topological polar surface area (TPSA) is 110 Å². The van der Waals surface area contributed by atoms with E-state index in [1.807, 2.05) is 65.4 Å². The number of nitrogens with zero attached hydrogens (tertiary/aromatic N) is 2. The number of rotatable bonds is 6. The fourth-order valence-electron chi connectivity index (χ4n) is 3.23. The van der Waals surface area contributed by atoms with Crippen LogP contribution in [0.5, 0.6) is 0 Å². The fraction of sp³-hybridized carbons (Fsp3) is 0.0417. The summed E-state index contributed by atoms with van der Waals surface area (Å²) in [5, 5.41) is 7.23. The van der Waals surface area contributed by atoms with Crippen LogP contribution in [0, 0.1) is 0 Å². The van der Waals surface area contributed by atoms with Crippen molar-refractivity contribution >= 4 is 27.5 Å². The van der Waals surface area contributed by atoms with Crippen LogP contribution >= 0.6 is 0 Å². The Morgan fingerprint density at radius 1 is 0.848 bits per heavy atom. The van der Waals surface area contributed by atoms with Gasteiger partial charge >= 0.3 is 0 Å². The lowest BCUT2D eigenvalue weighted by Gasteiger charge is -2.07. The van der Waals surface area contributed by atoms with Crippen LogP contribution in [0.25, 0.3) is 16.9 Å². The molecular formula is C24H20N4O4S. The number of hydrogen-bond acceptors (Lipinski definition) is 5. The number of nitrogens with one attached hydrogen (secondary N) is 2. The number of anilines is 1. The third-order valence-electron chi connectivity index (χ3n) is 4.71. The number of carbonyl (C=O) groups excluding carboxylic acids is 2. The lowest BCUT2D eigenvalue weighted by atomic mass is 10.1. The summed E-state index contributed by atoms with van der Waals surface area (Å²) in [4.78, 5) is 23.9. The minimum atomic E-state index is -3.95. The van der Waals surface area contributed by atoms with Gasteiger partial charge in [-0.2, -0.15) is 5.10 Å². The van der Waals surface area contributed by atoms with Crippen molar-refractivity contribution in [2.75, 3.05) is 5.32 Å². The molecule has 0 aliphatic rings. The summed E-state index contributed by atoms with van der Waals surface area (Å²) >= 11 is 0. The van der Waals surface area contributed by atoms with Crippen molar-refractivity contribution in [2.45, 2.75) is 11.8 Å². The standard InChI is InChI=1S/C24H20N4O4S/c1-17(29)27-33(31,32)21-14-12-19(13-15-21)25-24(30)22-16-23(18-8-4-2-5-9-18)28(26-22)20-10-6-3-7-11-20/h2-16H,1H3,(H,25,30)(H,27,29). The molecule has 8 nitrogen and oxygen atoms in total. The Labute approximate surface area is 190 Å². The Morgan fingerprint density at radius 2 is 1.45 bits per heavy atom. The molecule has 4 rings (SSSR count). The highest BCUT2D eigenvalue weighted by Gasteiger charge is 2.18. The molecule has 2 amide bonds. The molecule has 9 heteroatoms. The van der Waals surface area contributed by atoms with Crippen molar-refractivity contribution in [3.8, 4) is 16.9 Å². The van der Waals surface area contributed by atoms with Gasteiger partial charge < -0.3 is 5.32 Å². The zero-order valence-corrected chi connectivity index (χ0v) is 18.4. The summed E-state index contributed by atoms with van der Waals surface area (Å²) in [7, 11) is -3.95. The number of carbonyl (C=O) groups is 2. The summed E-state index contributed by atoms with van der Waals surface area (Å²) in [5.74, 6) is -1.13. The second-order valence-electron chi connectivity index (χ2n) is 7.17. The molecule has 3 aromatic carbocycles. The SMILES string of the molecule is CC(=O)NS(=O)(=O)c1ccc(NC(=O)c2cc(-c3ccccc3)n(-c3ccccc3)n2)cc1. The summed E-state index contributed by atoms with van der Waals surface area (Å²) in [6.45, 7) is 1.12. The van der Waals surface area contributed by atoms with Gasteiger partial charge in [-0.05, 0) is 42.5 Å². The molecule has 1 aromatic heterocycles. The summed E-state index contributed by atoms with van der Waals surface area (Å²) in [6, 6.07) is 26.3. The van der Waals surface area contributed by atoms with Gasteiger partial charge in [-0.3, -0.25) is 9.59 Å². The monoisotopic (exact) mass is 460 g/mol. The predicted molar refractivity (Wildman–Crippen MR) is 124 cm³/mol. The first-order chi connectivity index (χ1) is 15.8. The van der Waals surface area contributed by atoms with Crippen LogP contribution in [0.4, 0.5) is 5.69 Å². The van der Waals surface area contributed by atoms with E-state index in [1.54, 1.807) is 10.7 Å². The van der Waals surface area contributed by atoms with Gasteiger partial charge in [-0.15, -0.1) is 0 Å². The summed E-state index contributed by atoms with van der Waals surface area (Å²) in [6.07, 6.45) is 0. The van der Waals surface area contributed by atoms with Crippen molar-refractivity contribution in [1.29, 1.82) is 0 Å². The van der Waals surface area contributed by atoms with Gasteiger partial charge in [0.15, 0.2) is 5.69 Å². The first-order valence-corrected chi connectivity index (χ1v) is 11.5. The molecule has 4 aromatic rings. The highest BCUT2D eigenvalue weighted by Crippen LogP contribution is 2.24. The van der Waals surface area contributed by atoms with Crippen LogP contribution in [0.2, 0.25) is 0 Å². The molecule has 33 heavy (non-hydrogen) atoms. The average Bonchev–Trinajstić information content (AvgIpc) is 3.26. The molecule has 0 unspecified atom stereocenters. The van der Waals surface area contributed by atoms with Crippen LogP contribution < -0.4 is 10.0 Å². The lowest BCUT2D eigenvalue weighted by Crippen LogP contribution is -2.28. The minimum absolute atomic E-state index is 0.0876. The molecule has 0 bridgehead atoms. The Balaban J connectivity index is 1.61. The van der Waals surface area contributed by atoms with Gasteiger partial charge in [0.1, 0.15) is 0 Å². The first-order valence-electron chi connectivity index (χ1n) is 9.99. The summed E-state index contributed by atoms with van der Waals surface area (Å²) in [5.41, 5.74) is 3.05. The van der Waals surface area contributed by atoms with Crippen molar-refractivity contribution in [2.24, 2.45) is 0 Å². The maximum Gasteiger partial charge on any atom is 0.276 e. The molecule has 1 heterocycles. The third kappa shape index (κ3) is 4.99. The van der Waals surface area contributed by atoms with Gasteiger partial charge in [0.05, 0.1) is 16.3 Å². The van der Waals surface area contributed by atoms with Crippen molar-refractivity contribution in [3.05, 3.63) is 96.7 Å². The molecule has 0 aliphatic carbocycles. The molecule has 0 radical (unpaired) electrons. The number of aromatic nitrogens is 2. The third-order valence-corrected chi connectivity index (χ3v) is 6.16. The molecule has 2 N–H and O–H groups in total. The van der Waals surface area contributed by atoms with Crippen molar-refractivity contribution in [3.63, 3.8) is 0 Å². The number of hydrogen-bond donors (Lipinski definition) is 2. The maximum absolute atomic E-state index is 12.9. The molecule has 0 atom stereocenters. The number of benzene rings is 3. The van der Waals surface area contributed by atoms with E-state index < -0.39 is 21.8 Å². The van der Waals surface area contributed by atoms with Crippen LogP contribution in [0.1, 0.15) is 17.4 Å². The van der Waals surface area contributed by atoms with E-state index in [1.165, 1.54) is 24.3 Å². The molecule has 0 saturated heterocycles. The smallest absolute Gasteiger partial charge is 0.276 e. The minimum Gasteiger partial charge on any atom is -0.321 e. The molecule has 0 spiro atoms. The van der Waals surface area contributed by atoms with E-state index in [0.29, 0.717) is 5.69 Å². The average molecular weight is 461 g/mol. The van der Waals surface area contributed by atoms with Gasteiger partial charge in [-0.25, -0.2) is 17.8 Å². The van der Waals surface area contributed by atoms with Gasteiger partial charge in [-0.1, -0.05) is 48.5 Å². The second kappa shape index (κ2) is 9.09. The zero-order chi connectivity index (χ0) is 23.4. The van der Waals surface area contributed by atoms with Crippen LogP contribution in [0.3, 0.4) is 0 Å². The normalized spacial score (nSPS) is 11.1. The van der Waals surface area contributed by atoms with E-state index in [-0.39, 0.29) is 10.6 Å². The Hall–Kier alpha value is -4.24. The van der Waals surface area contributed by atoms with Gasteiger partial charge in [0, 0.05) is 18.2 Å². The highest BCUT2D eigenvalue weighted by atomic mass is 32.2. The largest absolute Gasteiger partial charge is 0.321 e. The molecule has 0 aliphatic heterocycles. The first kappa shape index (κ1) is 22.0. The highest BCUT2D eigenvalue weighted by molar-refractivity contribution is 7.90. The van der Waals surface area contributed by atoms with E-state index in [9.17, 15) is 18.0 Å². The molecular weight excluding hydrogens is 440 g/mol. The zero-order valence-electron chi connectivity index (χ0n) is 17.6. The molecule has 166 valence electrons. The van der Waals surface area contributed by atoms with Gasteiger partial charge in [0.25, 0.3) is 15.9 Å². The van der Waals surface area contributed by atoms with E-state index >= 15 is 0 Å². The molecule has 0 saturated carbocycles. The number of sulfonamides is 1. The summed E-state index contributed by atoms with van der Waals surface area (Å²) < 4.78 is 27.7.